The average Bonchev–Trinajstić information content (AvgIpc) is 3.19. The molecule has 0 spiro atoms. The topological polar surface area (TPSA) is 58.1 Å². The van der Waals surface area contributed by atoms with Crippen LogP contribution in [0.15, 0.2) is 66.3 Å². The number of anilines is 2. The highest BCUT2D eigenvalue weighted by Gasteiger charge is 2.14. The van der Waals surface area contributed by atoms with Gasteiger partial charge < -0.3 is 10.2 Å². The molecule has 1 amide bonds. The van der Waals surface area contributed by atoms with Gasteiger partial charge >= 0.3 is 0 Å². The number of thiophene rings is 1. The van der Waals surface area contributed by atoms with Gasteiger partial charge in [0.05, 0.1) is 5.39 Å². The third-order valence-corrected chi connectivity index (χ3v) is 5.56. The summed E-state index contributed by atoms with van der Waals surface area (Å²) in [5.41, 5.74) is 2.70. The molecule has 0 saturated carbocycles. The summed E-state index contributed by atoms with van der Waals surface area (Å²) in [5.74, 6) is 0.410. The lowest BCUT2D eigenvalue weighted by atomic mass is 10.1. The number of nitrogens with zero attached hydrogens (tertiary/aromatic N) is 3. The zero-order valence-corrected chi connectivity index (χ0v) is 16.6. The maximum atomic E-state index is 13.3. The number of carbonyl (C=O) groups is 1. The molecule has 2 aromatic carbocycles. The van der Waals surface area contributed by atoms with Gasteiger partial charge in [-0.2, -0.15) is 0 Å². The lowest BCUT2D eigenvalue weighted by molar-refractivity contribution is -0.118. The summed E-state index contributed by atoms with van der Waals surface area (Å²) in [6, 6.07) is 15.9. The number of fused-ring (bicyclic) bond motifs is 1. The Bertz CT molecular complexity index is 1130. The SMILES string of the molecule is CN(C(=O)CCNc1ncnc2scc(-c3ccc(F)cc3)c12)c1ccccc1. The Hall–Kier alpha value is -3.32. The molecule has 0 radical (unpaired) electrons. The lowest BCUT2D eigenvalue weighted by Crippen LogP contribution is -2.27. The number of hydrogen-bond acceptors (Lipinski definition) is 5. The molecule has 146 valence electrons. The molecule has 0 saturated heterocycles. The smallest absolute Gasteiger partial charge is 0.228 e. The highest BCUT2D eigenvalue weighted by molar-refractivity contribution is 7.17. The fraction of sp³-hybridized carbons (Fsp3) is 0.136. The third-order valence-electron chi connectivity index (χ3n) is 4.67. The van der Waals surface area contributed by atoms with Crippen LogP contribution in [0.2, 0.25) is 0 Å². The first kappa shape index (κ1) is 19.0. The van der Waals surface area contributed by atoms with Crippen molar-refractivity contribution in [2.24, 2.45) is 0 Å². The zero-order valence-electron chi connectivity index (χ0n) is 15.8. The van der Waals surface area contributed by atoms with Gasteiger partial charge in [0.1, 0.15) is 22.8 Å². The van der Waals surface area contributed by atoms with Crippen LogP contribution in [0.1, 0.15) is 6.42 Å². The first-order valence-electron chi connectivity index (χ1n) is 9.17. The van der Waals surface area contributed by atoms with Crippen molar-refractivity contribution in [2.45, 2.75) is 6.42 Å². The van der Waals surface area contributed by atoms with Gasteiger partial charge in [0.2, 0.25) is 5.91 Å². The van der Waals surface area contributed by atoms with Crippen LogP contribution in [-0.2, 0) is 4.79 Å². The Morgan fingerprint density at radius 3 is 2.62 bits per heavy atom. The molecule has 29 heavy (non-hydrogen) atoms. The van der Waals surface area contributed by atoms with Crippen molar-refractivity contribution in [2.75, 3.05) is 23.8 Å². The van der Waals surface area contributed by atoms with Gasteiger partial charge in [-0.1, -0.05) is 30.3 Å². The number of aromatic nitrogens is 2. The Balaban J connectivity index is 1.50. The van der Waals surface area contributed by atoms with Crippen LogP contribution in [0, 0.1) is 5.82 Å². The summed E-state index contributed by atoms with van der Waals surface area (Å²) in [6.07, 6.45) is 1.83. The summed E-state index contributed by atoms with van der Waals surface area (Å²) in [6.45, 7) is 0.445. The monoisotopic (exact) mass is 406 g/mol. The minimum atomic E-state index is -0.274. The van der Waals surface area contributed by atoms with Crippen molar-refractivity contribution < 1.29 is 9.18 Å². The van der Waals surface area contributed by atoms with Crippen LogP contribution >= 0.6 is 11.3 Å². The number of amides is 1. The number of benzene rings is 2. The van der Waals surface area contributed by atoms with Gasteiger partial charge in [-0.3, -0.25) is 4.79 Å². The first-order chi connectivity index (χ1) is 14.1. The number of hydrogen-bond donors (Lipinski definition) is 1. The van der Waals surface area contributed by atoms with Gasteiger partial charge in [-0.05, 0) is 29.8 Å². The molecule has 7 heteroatoms. The molecule has 0 aliphatic carbocycles. The van der Waals surface area contributed by atoms with Crippen LogP contribution in [0.25, 0.3) is 21.3 Å². The predicted molar refractivity (Wildman–Crippen MR) is 116 cm³/mol. The molecule has 1 N–H and O–H groups in total. The quantitative estimate of drug-likeness (QED) is 0.492. The van der Waals surface area contributed by atoms with E-state index in [9.17, 15) is 9.18 Å². The van der Waals surface area contributed by atoms with Gasteiger partial charge in [0, 0.05) is 36.6 Å². The van der Waals surface area contributed by atoms with Crippen molar-refractivity contribution in [1.29, 1.82) is 0 Å². The maximum Gasteiger partial charge on any atom is 0.228 e. The number of rotatable bonds is 6. The van der Waals surface area contributed by atoms with Crippen LogP contribution in [0.4, 0.5) is 15.9 Å². The number of carbonyl (C=O) groups excluding carboxylic acids is 1. The Morgan fingerprint density at radius 2 is 1.86 bits per heavy atom. The van der Waals surface area contributed by atoms with Crippen molar-refractivity contribution in [3.8, 4) is 11.1 Å². The average molecular weight is 406 g/mol. The molecule has 0 aliphatic heterocycles. The second-order valence-electron chi connectivity index (χ2n) is 6.52. The van der Waals surface area contributed by atoms with E-state index in [0.29, 0.717) is 18.8 Å². The standard InChI is InChI=1S/C22H19FN4OS/c1-27(17-5-3-2-4-6-17)19(28)11-12-24-21-20-18(13-29-22(20)26-14-25-21)15-7-9-16(23)10-8-15/h2-10,13-14H,11-12H2,1H3,(H,24,25,26). The summed E-state index contributed by atoms with van der Waals surface area (Å²) in [7, 11) is 1.77. The fourth-order valence-corrected chi connectivity index (χ4v) is 4.02. The zero-order chi connectivity index (χ0) is 20.2. The second-order valence-corrected chi connectivity index (χ2v) is 7.38. The van der Waals surface area contributed by atoms with Crippen LogP contribution < -0.4 is 10.2 Å². The molecule has 4 rings (SSSR count). The maximum absolute atomic E-state index is 13.3. The van der Waals surface area contributed by atoms with Crippen LogP contribution in [0.5, 0.6) is 0 Å². The summed E-state index contributed by atoms with van der Waals surface area (Å²) in [4.78, 5) is 23.7. The molecule has 0 atom stereocenters. The Morgan fingerprint density at radius 1 is 1.10 bits per heavy atom. The van der Waals surface area contributed by atoms with E-state index in [1.54, 1.807) is 24.1 Å². The summed E-state index contributed by atoms with van der Waals surface area (Å²) < 4.78 is 13.3. The van der Waals surface area contributed by atoms with E-state index in [4.69, 9.17) is 0 Å². The minimum Gasteiger partial charge on any atom is -0.369 e. The van der Waals surface area contributed by atoms with Crippen molar-refractivity contribution in [3.05, 3.63) is 72.1 Å². The summed E-state index contributed by atoms with van der Waals surface area (Å²) in [5, 5.41) is 6.14. The second kappa shape index (κ2) is 8.36. The Labute approximate surface area is 171 Å². The molecule has 0 bridgehead atoms. The molecule has 4 aromatic rings. The van der Waals surface area contributed by atoms with Crippen molar-refractivity contribution in [3.63, 3.8) is 0 Å². The number of para-hydroxylation sites is 1. The lowest BCUT2D eigenvalue weighted by Gasteiger charge is -2.17. The van der Waals surface area contributed by atoms with E-state index in [0.717, 1.165) is 27.0 Å². The van der Waals surface area contributed by atoms with E-state index in [-0.39, 0.29) is 11.7 Å². The molecule has 2 aromatic heterocycles. The minimum absolute atomic E-state index is 0.0121. The molecule has 0 fully saturated rings. The molecular formula is C22H19FN4OS. The van der Waals surface area contributed by atoms with Gasteiger partial charge in [0.15, 0.2) is 0 Å². The summed E-state index contributed by atoms with van der Waals surface area (Å²) >= 11 is 1.51. The van der Waals surface area contributed by atoms with Gasteiger partial charge in [-0.15, -0.1) is 11.3 Å². The van der Waals surface area contributed by atoms with Crippen LogP contribution in [-0.4, -0.2) is 29.5 Å². The van der Waals surface area contributed by atoms with E-state index >= 15 is 0 Å². The van der Waals surface area contributed by atoms with Crippen molar-refractivity contribution >= 4 is 39.0 Å². The van der Waals surface area contributed by atoms with Crippen LogP contribution in [0.3, 0.4) is 0 Å². The van der Waals surface area contributed by atoms with E-state index in [1.165, 1.54) is 29.8 Å². The number of halogens is 1. The van der Waals surface area contributed by atoms with Crippen molar-refractivity contribution in [1.82, 2.24) is 9.97 Å². The molecule has 0 unspecified atom stereocenters. The highest BCUT2D eigenvalue weighted by atomic mass is 32.1. The first-order valence-corrected chi connectivity index (χ1v) is 10.0. The fourth-order valence-electron chi connectivity index (χ4n) is 3.10. The molecular weight excluding hydrogens is 387 g/mol. The van der Waals surface area contributed by atoms with Gasteiger partial charge in [-0.25, -0.2) is 14.4 Å². The molecule has 5 nitrogen and oxygen atoms in total. The number of nitrogens with one attached hydrogen (secondary N) is 1. The predicted octanol–water partition coefficient (Wildman–Crippen LogP) is 4.96. The Kier molecular flexibility index (Phi) is 5.48. The van der Waals surface area contributed by atoms with E-state index in [2.05, 4.69) is 15.3 Å². The van der Waals surface area contributed by atoms with E-state index in [1.807, 2.05) is 35.7 Å². The van der Waals surface area contributed by atoms with E-state index < -0.39 is 0 Å². The largest absolute Gasteiger partial charge is 0.369 e. The highest BCUT2D eigenvalue weighted by Crippen LogP contribution is 2.36. The molecule has 0 aliphatic rings. The normalized spacial score (nSPS) is 10.8. The molecule has 2 heterocycles. The third kappa shape index (κ3) is 4.09. The van der Waals surface area contributed by atoms with Gasteiger partial charge in [0.25, 0.3) is 0 Å².